The van der Waals surface area contributed by atoms with Crippen LogP contribution in [0.15, 0.2) is 18.2 Å². The Balaban J connectivity index is 2.33. The number of carbonyl (C=O) groups excluding carboxylic acids is 1. The number of hydrogen-bond donors (Lipinski definition) is 2. The van der Waals surface area contributed by atoms with Gasteiger partial charge in [0.25, 0.3) is 5.91 Å². The number of para-hydroxylation sites is 1. The molecular formula is C13H14FN3O. The summed E-state index contributed by atoms with van der Waals surface area (Å²) < 4.78 is 13.6. The maximum Gasteiger partial charge on any atom is 0.259 e. The molecule has 0 unspecified atom stereocenters. The van der Waals surface area contributed by atoms with Crippen LogP contribution in [0.4, 0.5) is 10.1 Å². The number of aromatic nitrogens is 2. The van der Waals surface area contributed by atoms with Gasteiger partial charge >= 0.3 is 0 Å². The standard InChI is InChI=1S/C13H14FN3O/c1-7-5-4-6-10(14)12(7)15-13(18)11-8(2)16-17-9(11)3/h4-6H,1-3H3,(H,15,18)(H,16,17). The smallest absolute Gasteiger partial charge is 0.259 e. The Hall–Kier alpha value is -2.17. The molecule has 0 saturated heterocycles. The summed E-state index contributed by atoms with van der Waals surface area (Å²) in [4.78, 5) is 12.1. The van der Waals surface area contributed by atoms with Crippen molar-refractivity contribution in [3.8, 4) is 0 Å². The highest BCUT2D eigenvalue weighted by Crippen LogP contribution is 2.20. The summed E-state index contributed by atoms with van der Waals surface area (Å²) in [5, 5.41) is 9.26. The fourth-order valence-electron chi connectivity index (χ4n) is 1.85. The van der Waals surface area contributed by atoms with Crippen LogP contribution in [0, 0.1) is 26.6 Å². The van der Waals surface area contributed by atoms with Gasteiger partial charge in [0.15, 0.2) is 0 Å². The molecule has 0 radical (unpaired) electrons. The molecule has 0 aliphatic heterocycles. The molecule has 18 heavy (non-hydrogen) atoms. The van der Waals surface area contributed by atoms with E-state index in [4.69, 9.17) is 0 Å². The maximum atomic E-state index is 13.6. The van der Waals surface area contributed by atoms with E-state index < -0.39 is 5.82 Å². The first kappa shape index (κ1) is 12.3. The fourth-order valence-corrected chi connectivity index (χ4v) is 1.85. The Labute approximate surface area is 104 Å². The third kappa shape index (κ3) is 2.11. The van der Waals surface area contributed by atoms with E-state index in [0.717, 1.165) is 0 Å². The molecule has 1 amide bonds. The van der Waals surface area contributed by atoms with E-state index >= 15 is 0 Å². The lowest BCUT2D eigenvalue weighted by atomic mass is 10.1. The molecule has 0 aliphatic carbocycles. The Morgan fingerprint density at radius 1 is 1.33 bits per heavy atom. The monoisotopic (exact) mass is 247 g/mol. The highest BCUT2D eigenvalue weighted by molar-refractivity contribution is 6.06. The lowest BCUT2D eigenvalue weighted by Crippen LogP contribution is -2.15. The molecule has 0 saturated carbocycles. The number of aryl methyl sites for hydroxylation is 3. The zero-order chi connectivity index (χ0) is 13.3. The van der Waals surface area contributed by atoms with E-state index in [1.165, 1.54) is 6.07 Å². The predicted octanol–water partition coefficient (Wildman–Crippen LogP) is 2.73. The molecule has 5 heteroatoms. The Morgan fingerprint density at radius 3 is 2.61 bits per heavy atom. The number of aromatic amines is 1. The van der Waals surface area contributed by atoms with E-state index in [-0.39, 0.29) is 11.6 Å². The molecule has 4 nitrogen and oxygen atoms in total. The van der Waals surface area contributed by atoms with Crippen molar-refractivity contribution < 1.29 is 9.18 Å². The van der Waals surface area contributed by atoms with Crippen LogP contribution in [0.2, 0.25) is 0 Å². The molecule has 0 aliphatic rings. The fraction of sp³-hybridized carbons (Fsp3) is 0.231. The molecule has 0 fully saturated rings. The molecule has 1 aromatic heterocycles. The highest BCUT2D eigenvalue weighted by Gasteiger charge is 2.17. The molecule has 2 aromatic rings. The van der Waals surface area contributed by atoms with Crippen LogP contribution in [0.3, 0.4) is 0 Å². The molecule has 2 N–H and O–H groups in total. The second kappa shape index (κ2) is 4.60. The minimum atomic E-state index is -0.442. The van der Waals surface area contributed by atoms with Crippen molar-refractivity contribution in [2.24, 2.45) is 0 Å². The summed E-state index contributed by atoms with van der Waals surface area (Å²) >= 11 is 0. The van der Waals surface area contributed by atoms with Crippen molar-refractivity contribution in [2.45, 2.75) is 20.8 Å². The number of halogens is 1. The number of hydrogen-bond acceptors (Lipinski definition) is 2. The van der Waals surface area contributed by atoms with Crippen LogP contribution < -0.4 is 5.32 Å². The number of nitrogens with one attached hydrogen (secondary N) is 2. The van der Waals surface area contributed by atoms with Crippen LogP contribution >= 0.6 is 0 Å². The number of benzene rings is 1. The summed E-state index contributed by atoms with van der Waals surface area (Å²) in [6.45, 7) is 5.23. The molecule has 1 heterocycles. The summed E-state index contributed by atoms with van der Waals surface area (Å²) in [6, 6.07) is 4.67. The molecule has 0 spiro atoms. The third-order valence-corrected chi connectivity index (χ3v) is 2.82. The Morgan fingerprint density at radius 2 is 2.06 bits per heavy atom. The number of rotatable bonds is 2. The maximum absolute atomic E-state index is 13.6. The zero-order valence-corrected chi connectivity index (χ0v) is 10.5. The summed E-state index contributed by atoms with van der Waals surface area (Å²) in [5.41, 5.74) is 2.61. The number of H-pyrrole nitrogens is 1. The van der Waals surface area contributed by atoms with Gasteiger partial charge in [-0.15, -0.1) is 0 Å². The van der Waals surface area contributed by atoms with E-state index in [9.17, 15) is 9.18 Å². The van der Waals surface area contributed by atoms with Gasteiger partial charge in [-0.1, -0.05) is 12.1 Å². The molecule has 2 rings (SSSR count). The van der Waals surface area contributed by atoms with Crippen LogP contribution in [0.5, 0.6) is 0 Å². The SMILES string of the molecule is Cc1cccc(F)c1NC(=O)c1c(C)n[nH]c1C. The van der Waals surface area contributed by atoms with Gasteiger partial charge in [-0.2, -0.15) is 5.10 Å². The minimum Gasteiger partial charge on any atom is -0.319 e. The quantitative estimate of drug-likeness (QED) is 0.857. The summed E-state index contributed by atoms with van der Waals surface area (Å²) in [6.07, 6.45) is 0. The summed E-state index contributed by atoms with van der Waals surface area (Å²) in [7, 11) is 0. The average molecular weight is 247 g/mol. The van der Waals surface area contributed by atoms with Crippen molar-refractivity contribution >= 4 is 11.6 Å². The molecule has 1 aromatic carbocycles. The van der Waals surface area contributed by atoms with Crippen LogP contribution in [0.25, 0.3) is 0 Å². The topological polar surface area (TPSA) is 57.8 Å². The second-order valence-corrected chi connectivity index (χ2v) is 4.19. The van der Waals surface area contributed by atoms with Gasteiger partial charge in [-0.25, -0.2) is 4.39 Å². The third-order valence-electron chi connectivity index (χ3n) is 2.82. The van der Waals surface area contributed by atoms with Crippen molar-refractivity contribution in [2.75, 3.05) is 5.32 Å². The normalized spacial score (nSPS) is 10.4. The van der Waals surface area contributed by atoms with Gasteiger partial charge in [0.2, 0.25) is 0 Å². The molecule has 0 bridgehead atoms. The first-order valence-corrected chi connectivity index (χ1v) is 5.58. The Bertz CT molecular complexity index is 565. The van der Waals surface area contributed by atoms with Crippen LogP contribution in [0.1, 0.15) is 27.3 Å². The number of nitrogens with zero attached hydrogens (tertiary/aromatic N) is 1. The lowest BCUT2D eigenvalue weighted by Gasteiger charge is -2.09. The zero-order valence-electron chi connectivity index (χ0n) is 10.5. The molecular weight excluding hydrogens is 233 g/mol. The Kier molecular flexibility index (Phi) is 3.14. The largest absolute Gasteiger partial charge is 0.319 e. The van der Waals surface area contributed by atoms with Crippen LogP contribution in [-0.4, -0.2) is 16.1 Å². The van der Waals surface area contributed by atoms with Gasteiger partial charge in [0, 0.05) is 5.69 Å². The van der Waals surface area contributed by atoms with Gasteiger partial charge in [-0.05, 0) is 32.4 Å². The van der Waals surface area contributed by atoms with Crippen molar-refractivity contribution in [3.05, 3.63) is 46.5 Å². The minimum absolute atomic E-state index is 0.211. The van der Waals surface area contributed by atoms with Gasteiger partial charge in [-0.3, -0.25) is 9.89 Å². The number of amides is 1. The average Bonchev–Trinajstić information content (AvgIpc) is 2.64. The van der Waals surface area contributed by atoms with Crippen molar-refractivity contribution in [1.82, 2.24) is 10.2 Å². The molecule has 0 atom stereocenters. The first-order chi connectivity index (χ1) is 8.50. The summed E-state index contributed by atoms with van der Waals surface area (Å²) in [5.74, 6) is -0.797. The highest BCUT2D eigenvalue weighted by atomic mass is 19.1. The first-order valence-electron chi connectivity index (χ1n) is 5.58. The van der Waals surface area contributed by atoms with Crippen LogP contribution in [-0.2, 0) is 0 Å². The van der Waals surface area contributed by atoms with E-state index in [1.54, 1.807) is 32.9 Å². The van der Waals surface area contributed by atoms with E-state index in [2.05, 4.69) is 15.5 Å². The predicted molar refractivity (Wildman–Crippen MR) is 67.2 cm³/mol. The van der Waals surface area contributed by atoms with Gasteiger partial charge < -0.3 is 5.32 Å². The number of carbonyl (C=O) groups is 1. The second-order valence-electron chi connectivity index (χ2n) is 4.19. The van der Waals surface area contributed by atoms with Crippen molar-refractivity contribution in [3.63, 3.8) is 0 Å². The molecule has 94 valence electrons. The van der Waals surface area contributed by atoms with E-state index in [1.807, 2.05) is 0 Å². The van der Waals surface area contributed by atoms with E-state index in [0.29, 0.717) is 22.5 Å². The van der Waals surface area contributed by atoms with Crippen molar-refractivity contribution in [1.29, 1.82) is 0 Å². The van der Waals surface area contributed by atoms with Gasteiger partial charge in [0.05, 0.1) is 16.9 Å². The van der Waals surface area contributed by atoms with Gasteiger partial charge in [0.1, 0.15) is 5.82 Å². The number of anilines is 1. The lowest BCUT2D eigenvalue weighted by molar-refractivity contribution is 0.102.